The van der Waals surface area contributed by atoms with Crippen LogP contribution in [0.15, 0.2) is 18.2 Å². The second-order valence-corrected chi connectivity index (χ2v) is 4.33. The van der Waals surface area contributed by atoms with Crippen molar-refractivity contribution >= 4 is 11.6 Å². The maximum absolute atomic E-state index is 12.4. The highest BCUT2D eigenvalue weighted by atomic mass is 16.6. The molecule has 7 nitrogen and oxygen atoms in total. The molecule has 0 fully saturated rings. The van der Waals surface area contributed by atoms with E-state index in [1.165, 1.54) is 30.2 Å². The second-order valence-electron chi connectivity index (χ2n) is 4.33. The third-order valence-corrected chi connectivity index (χ3v) is 2.75. The molecule has 7 heteroatoms. The number of carbonyl (C=O) groups excluding carboxylic acids is 1. The van der Waals surface area contributed by atoms with Crippen molar-refractivity contribution in [3.8, 4) is 11.8 Å². The Morgan fingerprint density at radius 3 is 2.65 bits per heavy atom. The van der Waals surface area contributed by atoms with Crippen molar-refractivity contribution in [2.24, 2.45) is 0 Å². The Morgan fingerprint density at radius 2 is 2.20 bits per heavy atom. The van der Waals surface area contributed by atoms with Crippen molar-refractivity contribution in [1.82, 2.24) is 4.90 Å². The van der Waals surface area contributed by atoms with Gasteiger partial charge in [-0.05, 0) is 19.9 Å². The van der Waals surface area contributed by atoms with Crippen LogP contribution >= 0.6 is 0 Å². The third-order valence-electron chi connectivity index (χ3n) is 2.75. The third kappa shape index (κ3) is 3.23. The van der Waals surface area contributed by atoms with E-state index in [-0.39, 0.29) is 29.6 Å². The number of nitrogens with zero attached hydrogens (tertiary/aromatic N) is 3. The summed E-state index contributed by atoms with van der Waals surface area (Å²) in [5, 5.41) is 19.5. The van der Waals surface area contributed by atoms with E-state index in [0.717, 1.165) is 0 Å². The zero-order chi connectivity index (χ0) is 15.3. The second kappa shape index (κ2) is 6.52. The molecule has 1 amide bonds. The monoisotopic (exact) mass is 277 g/mol. The largest absolute Gasteiger partial charge is 0.496 e. The number of nitro groups is 1. The number of rotatable bonds is 5. The van der Waals surface area contributed by atoms with Crippen LogP contribution in [0.4, 0.5) is 5.69 Å². The first-order valence-corrected chi connectivity index (χ1v) is 5.92. The Kier molecular flexibility index (Phi) is 5.03. The van der Waals surface area contributed by atoms with Crippen molar-refractivity contribution in [2.75, 3.05) is 13.7 Å². The van der Waals surface area contributed by atoms with Crippen LogP contribution in [0.5, 0.6) is 5.75 Å². The minimum atomic E-state index is -0.563. The molecule has 0 saturated carbocycles. The van der Waals surface area contributed by atoms with Crippen molar-refractivity contribution in [3.05, 3.63) is 33.9 Å². The lowest BCUT2D eigenvalue weighted by Crippen LogP contribution is -2.37. The van der Waals surface area contributed by atoms with Gasteiger partial charge in [-0.15, -0.1) is 0 Å². The highest BCUT2D eigenvalue weighted by molar-refractivity contribution is 5.97. The van der Waals surface area contributed by atoms with E-state index in [9.17, 15) is 14.9 Å². The SMILES string of the molecule is COc1cc([N+](=O)[O-])ccc1C(=O)N(CC#N)C(C)C. The molecule has 0 spiro atoms. The average Bonchev–Trinajstić information content (AvgIpc) is 2.42. The van der Waals surface area contributed by atoms with Gasteiger partial charge in [0.1, 0.15) is 12.3 Å². The molecule has 0 saturated heterocycles. The molecule has 1 aromatic carbocycles. The fourth-order valence-corrected chi connectivity index (χ4v) is 1.69. The molecular formula is C13H15N3O4. The summed E-state index contributed by atoms with van der Waals surface area (Å²) in [5.74, 6) is -0.277. The summed E-state index contributed by atoms with van der Waals surface area (Å²) in [6.45, 7) is 3.51. The first kappa shape index (κ1) is 15.4. The van der Waals surface area contributed by atoms with Crippen molar-refractivity contribution < 1.29 is 14.5 Å². The number of benzene rings is 1. The Hall–Kier alpha value is -2.62. The van der Waals surface area contributed by atoms with E-state index in [4.69, 9.17) is 10.00 Å². The Bertz CT molecular complexity index is 563. The van der Waals surface area contributed by atoms with E-state index >= 15 is 0 Å². The highest BCUT2D eigenvalue weighted by Crippen LogP contribution is 2.26. The van der Waals surface area contributed by atoms with Gasteiger partial charge in [0, 0.05) is 12.1 Å². The number of ether oxygens (including phenoxy) is 1. The zero-order valence-electron chi connectivity index (χ0n) is 11.5. The molecule has 0 aliphatic rings. The predicted molar refractivity (Wildman–Crippen MR) is 71.4 cm³/mol. The number of methoxy groups -OCH3 is 1. The van der Waals surface area contributed by atoms with E-state index in [1.54, 1.807) is 13.8 Å². The molecule has 20 heavy (non-hydrogen) atoms. The fraction of sp³-hybridized carbons (Fsp3) is 0.385. The van der Waals surface area contributed by atoms with E-state index in [0.29, 0.717) is 0 Å². The number of hydrogen-bond acceptors (Lipinski definition) is 5. The van der Waals surface area contributed by atoms with Gasteiger partial charge < -0.3 is 9.64 Å². The number of non-ortho nitro benzene ring substituents is 1. The van der Waals surface area contributed by atoms with Crippen LogP contribution in [-0.4, -0.2) is 35.4 Å². The smallest absolute Gasteiger partial charge is 0.273 e. The van der Waals surface area contributed by atoms with Crippen molar-refractivity contribution in [3.63, 3.8) is 0 Å². The van der Waals surface area contributed by atoms with Crippen LogP contribution in [0.2, 0.25) is 0 Å². The van der Waals surface area contributed by atoms with Gasteiger partial charge in [-0.1, -0.05) is 0 Å². The minimum absolute atomic E-state index is 0.0589. The Morgan fingerprint density at radius 1 is 1.55 bits per heavy atom. The van der Waals surface area contributed by atoms with Crippen molar-refractivity contribution in [1.29, 1.82) is 5.26 Å². The number of nitro benzene ring substituents is 1. The lowest BCUT2D eigenvalue weighted by atomic mass is 10.1. The normalized spacial score (nSPS) is 9.95. The molecule has 1 aromatic rings. The molecule has 0 radical (unpaired) electrons. The molecule has 0 aliphatic heterocycles. The highest BCUT2D eigenvalue weighted by Gasteiger charge is 2.23. The zero-order valence-corrected chi connectivity index (χ0v) is 11.5. The van der Waals surface area contributed by atoms with Gasteiger partial charge in [0.25, 0.3) is 11.6 Å². The molecule has 0 unspecified atom stereocenters. The molecule has 106 valence electrons. The summed E-state index contributed by atoms with van der Waals surface area (Å²) in [6.07, 6.45) is 0. The molecular weight excluding hydrogens is 262 g/mol. The molecule has 1 rings (SSSR count). The number of hydrogen-bond donors (Lipinski definition) is 0. The van der Waals surface area contributed by atoms with Gasteiger partial charge in [-0.3, -0.25) is 14.9 Å². The molecule has 0 aliphatic carbocycles. The quantitative estimate of drug-likeness (QED) is 0.465. The van der Waals surface area contributed by atoms with Crippen LogP contribution in [0.25, 0.3) is 0 Å². The number of carbonyl (C=O) groups is 1. The maximum Gasteiger partial charge on any atom is 0.273 e. The molecule has 0 aromatic heterocycles. The Balaban J connectivity index is 3.21. The molecule has 0 N–H and O–H groups in total. The Labute approximate surface area is 116 Å². The summed E-state index contributed by atoms with van der Waals surface area (Å²) in [5.41, 5.74) is 0.0387. The molecule has 0 heterocycles. The van der Waals surface area contributed by atoms with Crippen LogP contribution in [-0.2, 0) is 0 Å². The maximum atomic E-state index is 12.4. The first-order valence-electron chi connectivity index (χ1n) is 5.92. The lowest BCUT2D eigenvalue weighted by molar-refractivity contribution is -0.384. The summed E-state index contributed by atoms with van der Waals surface area (Å²) >= 11 is 0. The van der Waals surface area contributed by atoms with E-state index in [2.05, 4.69) is 0 Å². The first-order chi connectivity index (χ1) is 9.42. The lowest BCUT2D eigenvalue weighted by Gasteiger charge is -2.24. The van der Waals surface area contributed by atoms with Gasteiger partial charge in [0.2, 0.25) is 0 Å². The van der Waals surface area contributed by atoms with Gasteiger partial charge in [0.15, 0.2) is 0 Å². The molecule has 0 bridgehead atoms. The van der Waals surface area contributed by atoms with E-state index in [1.807, 2.05) is 6.07 Å². The van der Waals surface area contributed by atoms with Gasteiger partial charge in [-0.2, -0.15) is 5.26 Å². The van der Waals surface area contributed by atoms with Crippen LogP contribution < -0.4 is 4.74 Å². The summed E-state index contributed by atoms with van der Waals surface area (Å²) in [4.78, 5) is 23.9. The average molecular weight is 277 g/mol. The number of nitriles is 1. The number of amides is 1. The summed E-state index contributed by atoms with van der Waals surface area (Å²) in [6, 6.07) is 5.53. The van der Waals surface area contributed by atoms with Gasteiger partial charge in [-0.25, -0.2) is 0 Å². The summed E-state index contributed by atoms with van der Waals surface area (Å²) in [7, 11) is 1.33. The van der Waals surface area contributed by atoms with E-state index < -0.39 is 10.8 Å². The van der Waals surface area contributed by atoms with Crippen LogP contribution in [0.1, 0.15) is 24.2 Å². The summed E-state index contributed by atoms with van der Waals surface area (Å²) < 4.78 is 5.03. The predicted octanol–water partition coefficient (Wildman–Crippen LogP) is 1.98. The van der Waals surface area contributed by atoms with Crippen LogP contribution in [0.3, 0.4) is 0 Å². The minimum Gasteiger partial charge on any atom is -0.496 e. The van der Waals surface area contributed by atoms with Crippen LogP contribution in [0, 0.1) is 21.4 Å². The van der Waals surface area contributed by atoms with Crippen molar-refractivity contribution in [2.45, 2.75) is 19.9 Å². The standard InChI is InChI=1S/C13H15N3O4/c1-9(2)15(7-6-14)13(17)11-5-4-10(16(18)19)8-12(11)20-3/h4-5,8-9H,7H2,1-3H3. The molecule has 0 atom stereocenters. The fourth-order valence-electron chi connectivity index (χ4n) is 1.69. The van der Waals surface area contributed by atoms with Gasteiger partial charge in [0.05, 0.1) is 29.7 Å². The van der Waals surface area contributed by atoms with Gasteiger partial charge >= 0.3 is 0 Å². The topological polar surface area (TPSA) is 96.5 Å².